The average molecular weight is 411 g/mol. The molecule has 1 aromatic heterocycles. The Hall–Kier alpha value is -2.11. The lowest BCUT2D eigenvalue weighted by Crippen LogP contribution is -2.31. The van der Waals surface area contributed by atoms with Crippen molar-refractivity contribution in [3.8, 4) is 16.9 Å². The molecule has 2 aromatic carbocycles. The highest BCUT2D eigenvalue weighted by molar-refractivity contribution is 7.68. The van der Waals surface area contributed by atoms with Crippen LogP contribution in [0.25, 0.3) is 11.1 Å². The topological polar surface area (TPSA) is 33.6 Å². The third-order valence-electron chi connectivity index (χ3n) is 5.02. The predicted molar refractivity (Wildman–Crippen MR) is 121 cm³/mol. The van der Waals surface area contributed by atoms with Crippen molar-refractivity contribution in [1.29, 1.82) is 0 Å². The number of rotatable bonds is 4. The Morgan fingerprint density at radius 1 is 1.07 bits per heavy atom. The number of nitrogens with zero attached hydrogens (tertiary/aromatic N) is 1. The summed E-state index contributed by atoms with van der Waals surface area (Å²) in [5.41, 5.74) is 5.77. The van der Waals surface area contributed by atoms with Crippen LogP contribution in [0.5, 0.6) is 5.75 Å². The Balaban J connectivity index is 1.87. The number of nitrogens with one attached hydrogen (secondary N) is 1. The van der Waals surface area contributed by atoms with Crippen molar-refractivity contribution in [3.05, 3.63) is 57.6 Å². The minimum Gasteiger partial charge on any atom is -0.494 e. The molecule has 146 valence electrons. The molecule has 1 N–H and O–H groups in total. The van der Waals surface area contributed by atoms with Gasteiger partial charge in [0.05, 0.1) is 22.7 Å². The number of benzene rings is 2. The van der Waals surface area contributed by atoms with Crippen molar-refractivity contribution < 1.29 is 4.74 Å². The van der Waals surface area contributed by atoms with Crippen LogP contribution in [0.3, 0.4) is 0 Å². The van der Waals surface area contributed by atoms with Gasteiger partial charge >= 0.3 is 0 Å². The molecule has 0 saturated carbocycles. The van der Waals surface area contributed by atoms with E-state index in [1.54, 1.807) is 10.3 Å². The SMILES string of the molecule is CCOc1ccc2c(c1)-c1c(ssc1=Nc1ccc(C(C)C)cc1)C(C)(C)N2. The highest BCUT2D eigenvalue weighted by Crippen LogP contribution is 2.46. The van der Waals surface area contributed by atoms with E-state index in [2.05, 4.69) is 69.4 Å². The monoisotopic (exact) mass is 410 g/mol. The molecule has 1 aliphatic heterocycles. The number of ether oxygens (including phenoxy) is 1. The maximum absolute atomic E-state index is 5.76. The van der Waals surface area contributed by atoms with Gasteiger partial charge in [0.15, 0.2) is 0 Å². The first-order chi connectivity index (χ1) is 13.4. The van der Waals surface area contributed by atoms with Gasteiger partial charge in [-0.05, 0) is 62.6 Å². The lowest BCUT2D eigenvalue weighted by Gasteiger charge is -2.33. The summed E-state index contributed by atoms with van der Waals surface area (Å²) in [5, 5.41) is 3.68. The van der Waals surface area contributed by atoms with E-state index in [1.807, 2.05) is 23.3 Å². The summed E-state index contributed by atoms with van der Waals surface area (Å²) < 4.78 is 6.83. The molecule has 2 heterocycles. The Labute approximate surface area is 174 Å². The molecule has 0 saturated heterocycles. The summed E-state index contributed by atoms with van der Waals surface area (Å²) in [6.07, 6.45) is 0. The van der Waals surface area contributed by atoms with Crippen LogP contribution >= 0.6 is 20.7 Å². The summed E-state index contributed by atoms with van der Waals surface area (Å²) in [7, 11) is 3.56. The molecule has 0 bridgehead atoms. The van der Waals surface area contributed by atoms with Gasteiger partial charge < -0.3 is 10.1 Å². The van der Waals surface area contributed by atoms with Gasteiger partial charge in [0.25, 0.3) is 0 Å². The summed E-state index contributed by atoms with van der Waals surface area (Å²) >= 11 is 0. The van der Waals surface area contributed by atoms with Crippen molar-refractivity contribution in [2.75, 3.05) is 11.9 Å². The van der Waals surface area contributed by atoms with Crippen molar-refractivity contribution in [3.63, 3.8) is 0 Å². The smallest absolute Gasteiger partial charge is 0.135 e. The zero-order valence-electron chi connectivity index (χ0n) is 17.0. The summed E-state index contributed by atoms with van der Waals surface area (Å²) in [4.78, 5) is 6.35. The number of hydrogen-bond acceptors (Lipinski definition) is 5. The molecule has 3 aromatic rings. The molecule has 0 amide bonds. The van der Waals surface area contributed by atoms with Crippen LogP contribution in [0.1, 0.15) is 51.0 Å². The summed E-state index contributed by atoms with van der Waals surface area (Å²) in [5.74, 6) is 1.43. The lowest BCUT2D eigenvalue weighted by atomic mass is 9.90. The molecule has 0 fully saturated rings. The second-order valence-corrected chi connectivity index (χ2v) is 10.1. The van der Waals surface area contributed by atoms with Gasteiger partial charge in [-0.3, -0.25) is 0 Å². The lowest BCUT2D eigenvalue weighted by molar-refractivity contribution is 0.340. The standard InChI is InChI=1S/C23H26N2OS2/c1-6-26-17-11-12-19-18(13-17)20-21(23(4,5)25-19)27-28-22(20)24-16-9-7-15(8-10-16)14(2)3/h7-14,25H,6H2,1-5H3. The third-order valence-corrected chi connectivity index (χ3v) is 7.66. The van der Waals surface area contributed by atoms with Crippen LogP contribution in [0.4, 0.5) is 11.4 Å². The van der Waals surface area contributed by atoms with Crippen LogP contribution < -0.4 is 14.7 Å². The van der Waals surface area contributed by atoms with Gasteiger partial charge in [-0.2, -0.15) is 0 Å². The minimum atomic E-state index is -0.119. The van der Waals surface area contributed by atoms with E-state index >= 15 is 0 Å². The first kappa shape index (κ1) is 19.2. The van der Waals surface area contributed by atoms with Gasteiger partial charge in [-0.1, -0.05) is 46.7 Å². The molecule has 4 rings (SSSR count). The van der Waals surface area contributed by atoms with Gasteiger partial charge in [0.2, 0.25) is 0 Å². The van der Waals surface area contributed by atoms with Gasteiger partial charge in [0, 0.05) is 16.8 Å². The predicted octanol–water partition coefficient (Wildman–Crippen LogP) is 6.89. The summed E-state index contributed by atoms with van der Waals surface area (Å²) in [6, 6.07) is 14.9. The van der Waals surface area contributed by atoms with Crippen LogP contribution in [-0.2, 0) is 5.54 Å². The van der Waals surface area contributed by atoms with Gasteiger partial charge in [0.1, 0.15) is 10.4 Å². The van der Waals surface area contributed by atoms with Crippen LogP contribution in [-0.4, -0.2) is 6.61 Å². The molecule has 0 spiro atoms. The molecular weight excluding hydrogens is 384 g/mol. The van der Waals surface area contributed by atoms with Crippen molar-refractivity contribution in [1.82, 2.24) is 0 Å². The normalized spacial score (nSPS) is 15.1. The van der Waals surface area contributed by atoms with E-state index in [9.17, 15) is 0 Å². The van der Waals surface area contributed by atoms with Crippen LogP contribution in [0.2, 0.25) is 0 Å². The Morgan fingerprint density at radius 2 is 1.82 bits per heavy atom. The van der Waals surface area contributed by atoms with Gasteiger partial charge in [-0.15, -0.1) is 0 Å². The molecule has 1 aliphatic rings. The van der Waals surface area contributed by atoms with E-state index < -0.39 is 0 Å². The largest absolute Gasteiger partial charge is 0.494 e. The maximum Gasteiger partial charge on any atom is 0.135 e. The quantitative estimate of drug-likeness (QED) is 0.475. The molecule has 0 aliphatic carbocycles. The first-order valence-corrected chi connectivity index (χ1v) is 11.9. The van der Waals surface area contributed by atoms with Crippen molar-refractivity contribution in [2.24, 2.45) is 4.99 Å². The van der Waals surface area contributed by atoms with E-state index in [-0.39, 0.29) is 5.54 Å². The van der Waals surface area contributed by atoms with Crippen LogP contribution in [0.15, 0.2) is 47.5 Å². The highest BCUT2D eigenvalue weighted by Gasteiger charge is 2.33. The third kappa shape index (κ3) is 3.49. The van der Waals surface area contributed by atoms with E-state index in [4.69, 9.17) is 9.73 Å². The highest BCUT2D eigenvalue weighted by atomic mass is 32.9. The zero-order valence-corrected chi connectivity index (χ0v) is 18.6. The van der Waals surface area contributed by atoms with E-state index in [0.717, 1.165) is 21.8 Å². The fourth-order valence-electron chi connectivity index (χ4n) is 3.53. The summed E-state index contributed by atoms with van der Waals surface area (Å²) in [6.45, 7) is 11.6. The molecule has 0 unspecified atom stereocenters. The maximum atomic E-state index is 5.76. The van der Waals surface area contributed by atoms with Crippen molar-refractivity contribution >= 4 is 32.1 Å². The fourth-order valence-corrected chi connectivity index (χ4v) is 6.47. The van der Waals surface area contributed by atoms with Crippen LogP contribution in [0, 0.1) is 0 Å². The average Bonchev–Trinajstić information content (AvgIpc) is 3.08. The van der Waals surface area contributed by atoms with E-state index in [1.165, 1.54) is 21.6 Å². The Morgan fingerprint density at radius 3 is 2.50 bits per heavy atom. The molecule has 0 atom stereocenters. The first-order valence-electron chi connectivity index (χ1n) is 9.72. The second-order valence-electron chi connectivity index (χ2n) is 7.92. The van der Waals surface area contributed by atoms with E-state index in [0.29, 0.717) is 12.5 Å². The Kier molecular flexibility index (Phi) is 5.06. The molecule has 5 heteroatoms. The number of hydrogen-bond donors (Lipinski definition) is 1. The fraction of sp³-hybridized carbons (Fsp3) is 0.348. The molecule has 3 nitrogen and oxygen atoms in total. The molecule has 0 radical (unpaired) electrons. The molecular formula is C23H26N2OS2. The minimum absolute atomic E-state index is 0.119. The zero-order chi connectivity index (χ0) is 19.9. The Bertz CT molecular complexity index is 1060. The number of anilines is 1. The molecule has 28 heavy (non-hydrogen) atoms. The van der Waals surface area contributed by atoms with Gasteiger partial charge in [-0.25, -0.2) is 4.99 Å². The number of fused-ring (bicyclic) bond motifs is 3. The van der Waals surface area contributed by atoms with Crippen molar-refractivity contribution in [2.45, 2.75) is 46.1 Å². The second kappa shape index (κ2) is 7.37.